The number of aryl methyl sites for hydroxylation is 1. The highest BCUT2D eigenvalue weighted by molar-refractivity contribution is 5.85. The standard InChI is InChI=1S/C16H24N2O2.ClH/c1-13-4-2-3-5-14(13)12-18-10-7-15(8-11-18)17-9-6-16(19)20;/h2-5,15,17H,6-12H2,1H3,(H,19,20);1H. The first-order valence-electron chi connectivity index (χ1n) is 7.37. The molecule has 0 amide bonds. The van der Waals surface area contributed by atoms with E-state index < -0.39 is 5.97 Å². The summed E-state index contributed by atoms with van der Waals surface area (Å²) in [6, 6.07) is 9.02. The summed E-state index contributed by atoms with van der Waals surface area (Å²) in [6.07, 6.45) is 2.42. The maximum atomic E-state index is 10.5. The monoisotopic (exact) mass is 312 g/mol. The Labute approximate surface area is 132 Å². The third-order valence-corrected chi connectivity index (χ3v) is 4.01. The molecule has 0 radical (unpaired) electrons. The molecule has 2 rings (SSSR count). The predicted octanol–water partition coefficient (Wildman–Crippen LogP) is 2.45. The van der Waals surface area contributed by atoms with Gasteiger partial charge in [0.2, 0.25) is 0 Å². The number of piperidine rings is 1. The molecule has 0 aromatic heterocycles. The van der Waals surface area contributed by atoms with E-state index in [-0.39, 0.29) is 18.8 Å². The molecule has 21 heavy (non-hydrogen) atoms. The smallest absolute Gasteiger partial charge is 0.304 e. The van der Waals surface area contributed by atoms with Crippen molar-refractivity contribution in [2.75, 3.05) is 19.6 Å². The van der Waals surface area contributed by atoms with E-state index in [0.29, 0.717) is 12.6 Å². The largest absolute Gasteiger partial charge is 0.481 e. The molecule has 1 aromatic rings. The van der Waals surface area contributed by atoms with Crippen molar-refractivity contribution in [1.82, 2.24) is 10.2 Å². The second kappa shape index (κ2) is 9.03. The van der Waals surface area contributed by atoms with Crippen molar-refractivity contribution in [2.45, 2.75) is 38.8 Å². The minimum absolute atomic E-state index is 0. The van der Waals surface area contributed by atoms with Gasteiger partial charge in [-0.05, 0) is 44.0 Å². The van der Waals surface area contributed by atoms with Gasteiger partial charge in [-0.25, -0.2) is 0 Å². The van der Waals surface area contributed by atoms with E-state index in [9.17, 15) is 4.79 Å². The molecular weight excluding hydrogens is 288 g/mol. The van der Waals surface area contributed by atoms with Crippen LogP contribution in [0.25, 0.3) is 0 Å². The minimum Gasteiger partial charge on any atom is -0.481 e. The number of carboxylic acid groups (broad SMARTS) is 1. The van der Waals surface area contributed by atoms with E-state index in [1.807, 2.05) is 0 Å². The van der Waals surface area contributed by atoms with Crippen molar-refractivity contribution < 1.29 is 9.90 Å². The van der Waals surface area contributed by atoms with Crippen molar-refractivity contribution in [3.8, 4) is 0 Å². The Morgan fingerprint density at radius 1 is 1.33 bits per heavy atom. The van der Waals surface area contributed by atoms with E-state index in [1.165, 1.54) is 11.1 Å². The maximum Gasteiger partial charge on any atom is 0.304 e. The van der Waals surface area contributed by atoms with Crippen LogP contribution in [0.15, 0.2) is 24.3 Å². The van der Waals surface area contributed by atoms with Crippen LogP contribution in [0.1, 0.15) is 30.4 Å². The van der Waals surface area contributed by atoms with Gasteiger partial charge >= 0.3 is 5.97 Å². The summed E-state index contributed by atoms with van der Waals surface area (Å²) < 4.78 is 0. The molecule has 4 nitrogen and oxygen atoms in total. The number of likely N-dealkylation sites (tertiary alicyclic amines) is 1. The fourth-order valence-electron chi connectivity index (χ4n) is 2.71. The number of hydrogen-bond donors (Lipinski definition) is 2. The number of halogens is 1. The van der Waals surface area contributed by atoms with Crippen LogP contribution in [0.4, 0.5) is 0 Å². The van der Waals surface area contributed by atoms with Crippen LogP contribution < -0.4 is 5.32 Å². The fraction of sp³-hybridized carbons (Fsp3) is 0.562. The lowest BCUT2D eigenvalue weighted by Gasteiger charge is -2.32. The van der Waals surface area contributed by atoms with Crippen molar-refractivity contribution >= 4 is 18.4 Å². The lowest BCUT2D eigenvalue weighted by Crippen LogP contribution is -2.42. The average molecular weight is 313 g/mol. The number of hydrogen-bond acceptors (Lipinski definition) is 3. The minimum atomic E-state index is -0.727. The summed E-state index contributed by atoms with van der Waals surface area (Å²) in [5, 5.41) is 12.0. The van der Waals surface area contributed by atoms with Crippen LogP contribution in [0.2, 0.25) is 0 Å². The number of nitrogens with zero attached hydrogens (tertiary/aromatic N) is 1. The SMILES string of the molecule is Cc1ccccc1CN1CCC(NCCC(=O)O)CC1.Cl. The molecule has 1 fully saturated rings. The first-order chi connectivity index (χ1) is 9.65. The van der Waals surface area contributed by atoms with Crippen LogP contribution in [0, 0.1) is 6.92 Å². The highest BCUT2D eigenvalue weighted by Crippen LogP contribution is 2.16. The number of benzene rings is 1. The van der Waals surface area contributed by atoms with E-state index in [4.69, 9.17) is 5.11 Å². The zero-order valence-corrected chi connectivity index (χ0v) is 13.4. The maximum absolute atomic E-state index is 10.5. The average Bonchev–Trinajstić information content (AvgIpc) is 2.43. The van der Waals surface area contributed by atoms with Crippen molar-refractivity contribution in [3.63, 3.8) is 0 Å². The van der Waals surface area contributed by atoms with Crippen LogP contribution in [0.3, 0.4) is 0 Å². The quantitative estimate of drug-likeness (QED) is 0.847. The zero-order valence-electron chi connectivity index (χ0n) is 12.5. The molecule has 1 aliphatic rings. The molecule has 1 aliphatic heterocycles. The molecule has 2 N–H and O–H groups in total. The van der Waals surface area contributed by atoms with Crippen LogP contribution >= 0.6 is 12.4 Å². The Kier molecular flexibility index (Phi) is 7.72. The van der Waals surface area contributed by atoms with Gasteiger partial charge in [-0.1, -0.05) is 24.3 Å². The number of rotatable bonds is 6. The van der Waals surface area contributed by atoms with Crippen LogP contribution in [-0.2, 0) is 11.3 Å². The molecule has 118 valence electrons. The molecule has 1 heterocycles. The highest BCUT2D eigenvalue weighted by Gasteiger charge is 2.19. The molecule has 5 heteroatoms. The van der Waals surface area contributed by atoms with Gasteiger partial charge in [0.15, 0.2) is 0 Å². The number of aliphatic carboxylic acids is 1. The molecule has 0 atom stereocenters. The topological polar surface area (TPSA) is 52.6 Å². The van der Waals surface area contributed by atoms with Crippen LogP contribution in [0.5, 0.6) is 0 Å². The summed E-state index contributed by atoms with van der Waals surface area (Å²) in [6.45, 7) is 5.93. The second-order valence-corrected chi connectivity index (χ2v) is 5.57. The summed E-state index contributed by atoms with van der Waals surface area (Å²) in [7, 11) is 0. The third-order valence-electron chi connectivity index (χ3n) is 4.01. The van der Waals surface area contributed by atoms with Gasteiger partial charge in [-0.2, -0.15) is 0 Å². The molecule has 1 aromatic carbocycles. The highest BCUT2D eigenvalue weighted by atomic mass is 35.5. The van der Waals surface area contributed by atoms with Gasteiger partial charge in [0, 0.05) is 19.1 Å². The predicted molar refractivity (Wildman–Crippen MR) is 87.0 cm³/mol. The fourth-order valence-corrected chi connectivity index (χ4v) is 2.71. The number of nitrogens with one attached hydrogen (secondary N) is 1. The lowest BCUT2D eigenvalue weighted by atomic mass is 10.0. The van der Waals surface area contributed by atoms with E-state index >= 15 is 0 Å². The van der Waals surface area contributed by atoms with Gasteiger partial charge < -0.3 is 10.4 Å². The van der Waals surface area contributed by atoms with Crippen molar-refractivity contribution in [3.05, 3.63) is 35.4 Å². The Morgan fingerprint density at radius 2 is 2.00 bits per heavy atom. The Morgan fingerprint density at radius 3 is 2.62 bits per heavy atom. The molecule has 0 aliphatic carbocycles. The molecule has 1 saturated heterocycles. The Balaban J connectivity index is 0.00000220. The van der Waals surface area contributed by atoms with Gasteiger partial charge in [0.25, 0.3) is 0 Å². The summed E-state index contributed by atoms with van der Waals surface area (Å²) in [5.41, 5.74) is 2.76. The van der Waals surface area contributed by atoms with Gasteiger partial charge in [0.1, 0.15) is 0 Å². The molecule has 0 bridgehead atoms. The summed E-state index contributed by atoms with van der Waals surface area (Å²) in [4.78, 5) is 13.0. The van der Waals surface area contributed by atoms with Gasteiger partial charge in [-0.15, -0.1) is 12.4 Å². The van der Waals surface area contributed by atoms with Crippen molar-refractivity contribution in [1.29, 1.82) is 0 Å². The van der Waals surface area contributed by atoms with Gasteiger partial charge in [0.05, 0.1) is 6.42 Å². The number of carbonyl (C=O) groups is 1. The Bertz CT molecular complexity index is 446. The Hall–Kier alpha value is -1.10. The van der Waals surface area contributed by atoms with E-state index in [0.717, 1.165) is 32.5 Å². The molecule has 0 saturated carbocycles. The molecule has 0 unspecified atom stereocenters. The lowest BCUT2D eigenvalue weighted by molar-refractivity contribution is -0.136. The zero-order chi connectivity index (χ0) is 14.4. The third kappa shape index (κ3) is 6.04. The second-order valence-electron chi connectivity index (χ2n) is 5.57. The van der Waals surface area contributed by atoms with E-state index in [1.54, 1.807) is 0 Å². The molecular formula is C16H25ClN2O2. The van der Waals surface area contributed by atoms with E-state index in [2.05, 4.69) is 41.4 Å². The summed E-state index contributed by atoms with van der Waals surface area (Å²) >= 11 is 0. The van der Waals surface area contributed by atoms with Crippen molar-refractivity contribution in [2.24, 2.45) is 0 Å². The first kappa shape index (κ1) is 18.0. The first-order valence-corrected chi connectivity index (χ1v) is 7.37. The van der Waals surface area contributed by atoms with Crippen LogP contribution in [-0.4, -0.2) is 41.7 Å². The summed E-state index contributed by atoms with van der Waals surface area (Å²) in [5.74, 6) is -0.727. The normalized spacial score (nSPS) is 16.4. The van der Waals surface area contributed by atoms with Gasteiger partial charge in [-0.3, -0.25) is 9.69 Å². The number of carboxylic acids is 1. The molecule has 0 spiro atoms.